The Morgan fingerprint density at radius 3 is 2.85 bits per heavy atom. The molecule has 0 amide bonds. The summed E-state index contributed by atoms with van der Waals surface area (Å²) >= 11 is 0. The fourth-order valence-electron chi connectivity index (χ4n) is 3.28. The molecule has 4 heteroatoms. The number of carbonyl (C=O) groups excluding carboxylic acids is 1. The highest BCUT2D eigenvalue weighted by molar-refractivity contribution is 6.00. The zero-order valence-electron chi connectivity index (χ0n) is 14.9. The predicted octanol–water partition coefficient (Wildman–Crippen LogP) is 3.78. The monoisotopic (exact) mass is 351 g/mol. The van der Waals surface area contributed by atoms with Gasteiger partial charge in [-0.1, -0.05) is 30.0 Å². The van der Waals surface area contributed by atoms with Gasteiger partial charge in [0.2, 0.25) is 0 Å². The normalized spacial score (nSPS) is 17.2. The van der Waals surface area contributed by atoms with E-state index in [2.05, 4.69) is 16.7 Å². The third-order valence-electron chi connectivity index (χ3n) is 4.61. The lowest BCUT2D eigenvalue weighted by Crippen LogP contribution is -2.39. The number of ether oxygens (including phenoxy) is 1. The van der Waals surface area contributed by atoms with Crippen molar-refractivity contribution in [2.75, 3.05) is 26.7 Å². The van der Waals surface area contributed by atoms with E-state index in [0.29, 0.717) is 24.4 Å². The summed E-state index contributed by atoms with van der Waals surface area (Å²) in [4.78, 5) is 15.1. The molecule has 0 saturated carbocycles. The summed E-state index contributed by atoms with van der Waals surface area (Å²) in [5.74, 6) is 6.13. The van der Waals surface area contributed by atoms with Crippen molar-refractivity contribution in [2.45, 2.75) is 12.8 Å². The van der Waals surface area contributed by atoms with Crippen LogP contribution in [0.4, 0.5) is 4.39 Å². The van der Waals surface area contributed by atoms with Gasteiger partial charge in [-0.3, -0.25) is 9.69 Å². The van der Waals surface area contributed by atoms with Gasteiger partial charge in [0.25, 0.3) is 0 Å². The summed E-state index contributed by atoms with van der Waals surface area (Å²) in [7, 11) is 1.50. The Balaban J connectivity index is 1.66. The van der Waals surface area contributed by atoms with E-state index >= 15 is 0 Å². The SMILES string of the molecule is COc1ccc(F)cc1C(=O)C1CCCN(CC#Cc2ccccc2)C1. The fourth-order valence-corrected chi connectivity index (χ4v) is 3.28. The second kappa shape index (κ2) is 8.64. The van der Waals surface area contributed by atoms with Crippen LogP contribution in [0.3, 0.4) is 0 Å². The zero-order chi connectivity index (χ0) is 18.4. The molecule has 1 fully saturated rings. The van der Waals surface area contributed by atoms with Crippen LogP contribution in [0.1, 0.15) is 28.8 Å². The first-order chi connectivity index (χ1) is 12.7. The maximum Gasteiger partial charge on any atom is 0.171 e. The van der Waals surface area contributed by atoms with Gasteiger partial charge in [-0.15, -0.1) is 0 Å². The van der Waals surface area contributed by atoms with Gasteiger partial charge in [0.1, 0.15) is 11.6 Å². The molecule has 1 saturated heterocycles. The molecule has 1 unspecified atom stereocenters. The first-order valence-electron chi connectivity index (χ1n) is 8.81. The molecule has 1 aliphatic rings. The van der Waals surface area contributed by atoms with Crippen LogP contribution in [0.5, 0.6) is 5.75 Å². The number of halogens is 1. The Morgan fingerprint density at radius 1 is 1.27 bits per heavy atom. The molecule has 2 aromatic rings. The van der Waals surface area contributed by atoms with Crippen LogP contribution in [0.15, 0.2) is 48.5 Å². The number of methoxy groups -OCH3 is 1. The van der Waals surface area contributed by atoms with Gasteiger partial charge in [-0.25, -0.2) is 4.39 Å². The van der Waals surface area contributed by atoms with Crippen molar-refractivity contribution in [3.63, 3.8) is 0 Å². The van der Waals surface area contributed by atoms with Crippen LogP contribution in [0.2, 0.25) is 0 Å². The predicted molar refractivity (Wildman–Crippen MR) is 99.8 cm³/mol. The van der Waals surface area contributed by atoms with Crippen LogP contribution in [-0.2, 0) is 0 Å². The van der Waals surface area contributed by atoms with Crippen LogP contribution in [0, 0.1) is 23.6 Å². The lowest BCUT2D eigenvalue weighted by atomic mass is 9.89. The van der Waals surface area contributed by atoms with Crippen molar-refractivity contribution in [1.82, 2.24) is 4.90 Å². The molecule has 26 heavy (non-hydrogen) atoms. The van der Waals surface area contributed by atoms with Gasteiger partial charge < -0.3 is 4.74 Å². The summed E-state index contributed by atoms with van der Waals surface area (Å²) in [6, 6.07) is 13.9. The molecule has 0 bridgehead atoms. The fraction of sp³-hybridized carbons (Fsp3) is 0.318. The second-order valence-corrected chi connectivity index (χ2v) is 6.45. The van der Waals surface area contributed by atoms with E-state index in [4.69, 9.17) is 4.74 Å². The molecule has 3 nitrogen and oxygen atoms in total. The second-order valence-electron chi connectivity index (χ2n) is 6.45. The summed E-state index contributed by atoms with van der Waals surface area (Å²) in [5.41, 5.74) is 1.32. The maximum atomic E-state index is 13.6. The first kappa shape index (κ1) is 18.2. The van der Waals surface area contributed by atoms with Crippen molar-refractivity contribution in [3.8, 4) is 17.6 Å². The minimum Gasteiger partial charge on any atom is -0.496 e. The zero-order valence-corrected chi connectivity index (χ0v) is 14.9. The van der Waals surface area contributed by atoms with Gasteiger partial charge >= 0.3 is 0 Å². The third kappa shape index (κ3) is 4.50. The average Bonchev–Trinajstić information content (AvgIpc) is 2.68. The van der Waals surface area contributed by atoms with Crippen molar-refractivity contribution in [3.05, 3.63) is 65.5 Å². The Hall–Kier alpha value is -2.64. The molecule has 0 aromatic heterocycles. The molecular formula is C22H22FNO2. The number of carbonyl (C=O) groups is 1. The van der Waals surface area contributed by atoms with Gasteiger partial charge in [0.05, 0.1) is 19.2 Å². The molecule has 0 radical (unpaired) electrons. The standard InChI is InChI=1S/C22H22FNO2/c1-26-21-12-11-19(23)15-20(21)22(25)18-10-6-14-24(16-18)13-5-9-17-7-3-2-4-8-17/h2-4,7-8,11-12,15,18H,6,10,13-14,16H2,1H3. The number of rotatable bonds is 4. The molecule has 1 heterocycles. The lowest BCUT2D eigenvalue weighted by Gasteiger charge is -2.30. The van der Waals surface area contributed by atoms with Crippen LogP contribution in [-0.4, -0.2) is 37.4 Å². The quantitative estimate of drug-likeness (QED) is 0.620. The molecule has 1 aliphatic heterocycles. The Kier molecular flexibility index (Phi) is 6.04. The third-order valence-corrected chi connectivity index (χ3v) is 4.61. The van der Waals surface area contributed by atoms with Crippen molar-refractivity contribution in [1.29, 1.82) is 0 Å². The Bertz CT molecular complexity index is 823. The average molecular weight is 351 g/mol. The molecule has 134 valence electrons. The molecule has 0 spiro atoms. The number of piperidine rings is 1. The molecule has 2 aromatic carbocycles. The van der Waals surface area contributed by atoms with Gasteiger partial charge in [0.15, 0.2) is 5.78 Å². The largest absolute Gasteiger partial charge is 0.496 e. The van der Waals surface area contributed by atoms with E-state index in [0.717, 1.165) is 24.9 Å². The van der Waals surface area contributed by atoms with E-state index in [9.17, 15) is 9.18 Å². The summed E-state index contributed by atoms with van der Waals surface area (Å²) in [6.45, 7) is 2.19. The van der Waals surface area contributed by atoms with Crippen molar-refractivity contribution < 1.29 is 13.9 Å². The smallest absolute Gasteiger partial charge is 0.171 e. The molecular weight excluding hydrogens is 329 g/mol. The first-order valence-corrected chi connectivity index (χ1v) is 8.81. The summed E-state index contributed by atoms with van der Waals surface area (Å²) in [5, 5.41) is 0. The Morgan fingerprint density at radius 2 is 2.08 bits per heavy atom. The number of hydrogen-bond donors (Lipinski definition) is 0. The number of hydrogen-bond acceptors (Lipinski definition) is 3. The van der Waals surface area contributed by atoms with Crippen molar-refractivity contribution in [2.24, 2.45) is 5.92 Å². The molecule has 0 N–H and O–H groups in total. The summed E-state index contributed by atoms with van der Waals surface area (Å²) < 4.78 is 18.8. The molecule has 3 rings (SSSR count). The van der Waals surface area contributed by atoms with E-state index in [1.165, 1.54) is 25.3 Å². The van der Waals surface area contributed by atoms with Crippen LogP contribution in [0.25, 0.3) is 0 Å². The Labute approximate surface area is 153 Å². The van der Waals surface area contributed by atoms with E-state index in [-0.39, 0.29) is 11.7 Å². The van der Waals surface area contributed by atoms with Crippen LogP contribution >= 0.6 is 0 Å². The number of Topliss-reactive ketones (excluding diaryl/α,β-unsaturated/α-hetero) is 1. The molecule has 0 aliphatic carbocycles. The summed E-state index contributed by atoms with van der Waals surface area (Å²) in [6.07, 6.45) is 1.74. The van der Waals surface area contributed by atoms with Gasteiger partial charge in [-0.2, -0.15) is 0 Å². The van der Waals surface area contributed by atoms with E-state index in [1.807, 2.05) is 30.3 Å². The minimum absolute atomic E-state index is 0.0536. The minimum atomic E-state index is -0.421. The highest BCUT2D eigenvalue weighted by Gasteiger charge is 2.28. The lowest BCUT2D eigenvalue weighted by molar-refractivity contribution is 0.0829. The van der Waals surface area contributed by atoms with Crippen LogP contribution < -0.4 is 4.74 Å². The highest BCUT2D eigenvalue weighted by atomic mass is 19.1. The van der Waals surface area contributed by atoms with Crippen molar-refractivity contribution >= 4 is 5.78 Å². The topological polar surface area (TPSA) is 29.5 Å². The highest BCUT2D eigenvalue weighted by Crippen LogP contribution is 2.26. The van der Waals surface area contributed by atoms with E-state index in [1.54, 1.807) is 0 Å². The van der Waals surface area contributed by atoms with Gasteiger partial charge in [0, 0.05) is 18.0 Å². The number of nitrogens with zero attached hydrogens (tertiary/aromatic N) is 1. The number of benzene rings is 2. The molecule has 1 atom stereocenters. The maximum absolute atomic E-state index is 13.6. The van der Waals surface area contributed by atoms with E-state index < -0.39 is 5.82 Å². The van der Waals surface area contributed by atoms with Gasteiger partial charge in [-0.05, 0) is 49.7 Å². The number of likely N-dealkylation sites (tertiary alicyclic amines) is 1. The number of ketones is 1.